The number of phosphoric acid groups is 2. The zero-order valence-electron chi connectivity index (χ0n) is 59.9. The van der Waals surface area contributed by atoms with E-state index in [1.54, 1.807) is 0 Å². The molecule has 2 unspecified atom stereocenters. The molecule has 19 heteroatoms. The van der Waals surface area contributed by atoms with Gasteiger partial charge in [-0.25, -0.2) is 9.13 Å². The summed E-state index contributed by atoms with van der Waals surface area (Å²) >= 11 is 0. The smallest absolute Gasteiger partial charge is 0.462 e. The summed E-state index contributed by atoms with van der Waals surface area (Å²) in [6.07, 6.45) is 57.7. The number of aliphatic hydroxyl groups is 1. The van der Waals surface area contributed by atoms with Crippen LogP contribution >= 0.6 is 15.6 Å². The molecule has 0 saturated heterocycles. The van der Waals surface area contributed by atoms with Crippen LogP contribution in [0.4, 0.5) is 0 Å². The van der Waals surface area contributed by atoms with Crippen molar-refractivity contribution in [2.24, 2.45) is 5.92 Å². The molecule has 0 aliphatic heterocycles. The summed E-state index contributed by atoms with van der Waals surface area (Å²) < 4.78 is 68.3. The van der Waals surface area contributed by atoms with E-state index in [4.69, 9.17) is 37.0 Å². The summed E-state index contributed by atoms with van der Waals surface area (Å²) in [4.78, 5) is 72.6. The van der Waals surface area contributed by atoms with Crippen molar-refractivity contribution in [3.63, 3.8) is 0 Å². The van der Waals surface area contributed by atoms with Crippen molar-refractivity contribution in [2.45, 2.75) is 380 Å². The summed E-state index contributed by atoms with van der Waals surface area (Å²) in [5, 5.41) is 10.6. The number of hydrogen-bond donors (Lipinski definition) is 3. The van der Waals surface area contributed by atoms with Gasteiger partial charge in [-0.05, 0) is 57.3 Å². The minimum absolute atomic E-state index is 0.102. The first-order chi connectivity index (χ1) is 45.0. The van der Waals surface area contributed by atoms with Crippen molar-refractivity contribution in [2.75, 3.05) is 39.6 Å². The molecule has 0 aromatic heterocycles. The van der Waals surface area contributed by atoms with Crippen molar-refractivity contribution in [1.82, 2.24) is 0 Å². The summed E-state index contributed by atoms with van der Waals surface area (Å²) in [5.74, 6) is -1.40. The lowest BCUT2D eigenvalue weighted by atomic mass is 10.0. The van der Waals surface area contributed by atoms with Crippen LogP contribution in [0.25, 0.3) is 0 Å². The Kier molecular flexibility index (Phi) is 65.0. The molecule has 0 bridgehead atoms. The van der Waals surface area contributed by atoms with E-state index in [2.05, 4.69) is 58.9 Å². The predicted octanol–water partition coefficient (Wildman–Crippen LogP) is 21.2. The molecule has 0 rings (SSSR count). The lowest BCUT2D eigenvalue weighted by Crippen LogP contribution is -2.30. The van der Waals surface area contributed by atoms with Gasteiger partial charge in [-0.2, -0.15) is 0 Å². The van der Waals surface area contributed by atoms with Crippen LogP contribution in [0.2, 0.25) is 0 Å². The number of aliphatic hydroxyl groups excluding tert-OH is 1. The van der Waals surface area contributed by atoms with Gasteiger partial charge in [-0.3, -0.25) is 37.3 Å². The predicted molar refractivity (Wildman–Crippen MR) is 377 cm³/mol. The summed E-state index contributed by atoms with van der Waals surface area (Å²) in [6, 6.07) is 0. The fourth-order valence-electron chi connectivity index (χ4n) is 10.8. The van der Waals surface area contributed by atoms with Crippen LogP contribution in [0.1, 0.15) is 362 Å². The fourth-order valence-corrected chi connectivity index (χ4v) is 12.4. The Morgan fingerprint density at radius 1 is 0.333 bits per heavy atom. The standard InChI is InChI=1S/C74H140O17P2/c1-6-9-12-15-18-21-23-25-27-28-30-32-34-39-44-49-54-59-73(78)91-70(64-85-72(77)58-53-48-43-38-33-31-29-26-24-22-19-16-13-10-7-2)66-89-93(82,83)87-62-68(75)61-86-92(80,81)88-65-69(63-84-71(76)57-52-47-42-20-17-14-11-8-3)90-74(79)60-55-50-45-40-36-35-37-41-46-51-56-67(4)5/h22,24,26,29,67-70,75H,6-21,23,25,27-28,30-66H2,1-5H3,(H,80,81)(H,82,83)/b24-22-,29-26-/t68-,69+,70+/m0/s1. The van der Waals surface area contributed by atoms with Crippen LogP contribution in [0.3, 0.4) is 0 Å². The van der Waals surface area contributed by atoms with Crippen LogP contribution in [0, 0.1) is 5.92 Å². The highest BCUT2D eigenvalue weighted by molar-refractivity contribution is 7.47. The Morgan fingerprint density at radius 3 is 0.882 bits per heavy atom. The number of esters is 4. The van der Waals surface area contributed by atoms with Gasteiger partial charge >= 0.3 is 39.5 Å². The topological polar surface area (TPSA) is 237 Å². The minimum atomic E-state index is -4.96. The number of carbonyl (C=O) groups is 4. The molecule has 0 aromatic rings. The quantitative estimate of drug-likeness (QED) is 0.0169. The maximum atomic E-state index is 13.1. The van der Waals surface area contributed by atoms with Crippen LogP contribution in [-0.2, 0) is 65.4 Å². The molecule has 17 nitrogen and oxygen atoms in total. The zero-order valence-corrected chi connectivity index (χ0v) is 61.7. The van der Waals surface area contributed by atoms with Gasteiger partial charge in [0, 0.05) is 25.7 Å². The van der Waals surface area contributed by atoms with Gasteiger partial charge in [-0.15, -0.1) is 0 Å². The third kappa shape index (κ3) is 67.9. The number of ether oxygens (including phenoxy) is 4. The van der Waals surface area contributed by atoms with E-state index in [-0.39, 0.29) is 25.7 Å². The average Bonchev–Trinajstić information content (AvgIpc) is 2.05. The van der Waals surface area contributed by atoms with Crippen molar-refractivity contribution in [3.8, 4) is 0 Å². The Hall–Kier alpha value is -2.46. The molecule has 0 aliphatic rings. The van der Waals surface area contributed by atoms with Crippen molar-refractivity contribution >= 4 is 39.5 Å². The van der Waals surface area contributed by atoms with E-state index in [9.17, 15) is 43.2 Å². The Balaban J connectivity index is 5.25. The Labute approximate surface area is 567 Å². The van der Waals surface area contributed by atoms with Crippen molar-refractivity contribution < 1.29 is 80.2 Å². The third-order valence-electron chi connectivity index (χ3n) is 16.7. The highest BCUT2D eigenvalue weighted by atomic mass is 31.2. The van der Waals surface area contributed by atoms with Gasteiger partial charge in [0.15, 0.2) is 12.2 Å². The minimum Gasteiger partial charge on any atom is -0.462 e. The molecular formula is C74H140O17P2. The van der Waals surface area contributed by atoms with Crippen LogP contribution in [0.5, 0.6) is 0 Å². The average molecular weight is 1360 g/mol. The van der Waals surface area contributed by atoms with Crippen molar-refractivity contribution in [3.05, 3.63) is 24.3 Å². The van der Waals surface area contributed by atoms with Crippen LogP contribution < -0.4 is 0 Å². The number of allylic oxidation sites excluding steroid dienone is 4. The van der Waals surface area contributed by atoms with Gasteiger partial charge < -0.3 is 33.8 Å². The number of hydrogen-bond acceptors (Lipinski definition) is 15. The normalized spacial score (nSPS) is 14.2. The number of unbranched alkanes of at least 4 members (excludes halogenated alkanes) is 41. The van der Waals surface area contributed by atoms with E-state index >= 15 is 0 Å². The molecule has 0 amide bonds. The van der Waals surface area contributed by atoms with Crippen LogP contribution in [-0.4, -0.2) is 96.7 Å². The van der Waals surface area contributed by atoms with Crippen LogP contribution in [0.15, 0.2) is 24.3 Å². The molecule has 0 saturated carbocycles. The van der Waals surface area contributed by atoms with E-state index in [1.807, 2.05) is 0 Å². The third-order valence-corrected chi connectivity index (χ3v) is 18.6. The largest absolute Gasteiger partial charge is 0.472 e. The monoisotopic (exact) mass is 1360 g/mol. The molecule has 93 heavy (non-hydrogen) atoms. The second kappa shape index (κ2) is 66.8. The molecule has 548 valence electrons. The number of phosphoric ester groups is 2. The van der Waals surface area contributed by atoms with E-state index < -0.39 is 97.5 Å². The number of rotatable bonds is 72. The molecule has 0 aliphatic carbocycles. The molecule has 0 aromatic carbocycles. The number of carbonyl (C=O) groups excluding carboxylic acids is 4. The second-order valence-corrected chi connectivity index (χ2v) is 29.4. The lowest BCUT2D eigenvalue weighted by Gasteiger charge is -2.21. The Morgan fingerprint density at radius 2 is 0.581 bits per heavy atom. The van der Waals surface area contributed by atoms with Gasteiger partial charge in [0.05, 0.1) is 26.4 Å². The molecule has 0 radical (unpaired) electrons. The zero-order chi connectivity index (χ0) is 68.4. The van der Waals surface area contributed by atoms with E-state index in [0.29, 0.717) is 25.7 Å². The van der Waals surface area contributed by atoms with E-state index in [1.165, 1.54) is 161 Å². The first-order valence-corrected chi connectivity index (χ1v) is 40.9. The SMILES string of the molecule is CCCCCC/C=C\C=C/CCCCCCCC(=O)OC[C@H](COP(=O)(O)OC[C@@H](O)COP(=O)(O)OC[C@@H](COC(=O)CCCCCCCCCC)OC(=O)CCCCCCCCCCCCC(C)C)OC(=O)CCCCCCCCCCCCCCCCCCC. The maximum Gasteiger partial charge on any atom is 0.472 e. The maximum absolute atomic E-state index is 13.1. The first kappa shape index (κ1) is 90.5. The summed E-state index contributed by atoms with van der Waals surface area (Å²) in [5.41, 5.74) is 0. The summed E-state index contributed by atoms with van der Waals surface area (Å²) in [7, 11) is -9.91. The molecule has 5 atom stereocenters. The molecule has 0 heterocycles. The van der Waals surface area contributed by atoms with Crippen molar-refractivity contribution in [1.29, 1.82) is 0 Å². The molecule has 3 N–H and O–H groups in total. The van der Waals surface area contributed by atoms with Gasteiger partial charge in [-0.1, -0.05) is 309 Å². The Bertz CT molecular complexity index is 1880. The highest BCUT2D eigenvalue weighted by Crippen LogP contribution is 2.45. The first-order valence-electron chi connectivity index (χ1n) is 38.0. The second-order valence-electron chi connectivity index (χ2n) is 26.5. The van der Waals surface area contributed by atoms with E-state index in [0.717, 1.165) is 121 Å². The molecular weight excluding hydrogens is 1220 g/mol. The molecule has 0 spiro atoms. The van der Waals surface area contributed by atoms with Gasteiger partial charge in [0.1, 0.15) is 19.3 Å². The fraction of sp³-hybridized carbons (Fsp3) is 0.892. The summed E-state index contributed by atoms with van der Waals surface area (Å²) in [6.45, 7) is 7.17. The lowest BCUT2D eigenvalue weighted by molar-refractivity contribution is -0.161. The van der Waals surface area contributed by atoms with Gasteiger partial charge in [0.25, 0.3) is 0 Å². The molecule has 0 fully saturated rings. The van der Waals surface area contributed by atoms with Gasteiger partial charge in [0.2, 0.25) is 0 Å². The highest BCUT2D eigenvalue weighted by Gasteiger charge is 2.30.